The van der Waals surface area contributed by atoms with Crippen LogP contribution in [0.3, 0.4) is 0 Å². The molecule has 3 aromatic rings. The van der Waals surface area contributed by atoms with Crippen LogP contribution in [0.25, 0.3) is 10.9 Å². The molecular formula is C19H19N3O2. The van der Waals surface area contributed by atoms with Gasteiger partial charge in [0.2, 0.25) is 11.3 Å². The highest BCUT2D eigenvalue weighted by atomic mass is 16.2. The molecule has 0 aliphatic carbocycles. The number of carbonyl (C=O) groups excluding carboxylic acids is 1. The summed E-state index contributed by atoms with van der Waals surface area (Å²) < 4.78 is 1.57. The summed E-state index contributed by atoms with van der Waals surface area (Å²) in [5.74, 6) is -0.0942. The van der Waals surface area contributed by atoms with Gasteiger partial charge in [-0.3, -0.25) is 14.3 Å². The van der Waals surface area contributed by atoms with Crippen LogP contribution in [-0.2, 0) is 11.3 Å². The van der Waals surface area contributed by atoms with Crippen molar-refractivity contribution in [3.63, 3.8) is 0 Å². The van der Waals surface area contributed by atoms with Gasteiger partial charge in [0.1, 0.15) is 6.54 Å². The van der Waals surface area contributed by atoms with Gasteiger partial charge in [0.15, 0.2) is 0 Å². The molecule has 0 unspecified atom stereocenters. The number of nitrogens with zero attached hydrogens (tertiary/aromatic N) is 3. The molecule has 0 N–H and O–H groups in total. The first-order valence-corrected chi connectivity index (χ1v) is 7.76. The van der Waals surface area contributed by atoms with Gasteiger partial charge in [-0.25, -0.2) is 0 Å². The van der Waals surface area contributed by atoms with Crippen LogP contribution in [0.1, 0.15) is 11.1 Å². The maximum Gasteiger partial charge on any atom is 0.248 e. The monoisotopic (exact) mass is 321 g/mol. The van der Waals surface area contributed by atoms with Crippen LogP contribution >= 0.6 is 0 Å². The molecule has 0 radical (unpaired) electrons. The van der Waals surface area contributed by atoms with Crippen LogP contribution in [0.2, 0.25) is 0 Å². The van der Waals surface area contributed by atoms with E-state index in [4.69, 9.17) is 0 Å². The maximum absolute atomic E-state index is 12.7. The van der Waals surface area contributed by atoms with Gasteiger partial charge in [-0.05, 0) is 37.6 Å². The number of carbonyl (C=O) groups is 1. The molecule has 1 amide bonds. The molecule has 1 heterocycles. The summed E-state index contributed by atoms with van der Waals surface area (Å²) in [6.07, 6.45) is 1.26. The molecule has 0 saturated carbocycles. The van der Waals surface area contributed by atoms with Gasteiger partial charge in [0.05, 0.1) is 11.7 Å². The molecular weight excluding hydrogens is 302 g/mol. The molecule has 1 aromatic heterocycles. The third kappa shape index (κ3) is 2.93. The Hall–Kier alpha value is -2.95. The van der Waals surface area contributed by atoms with Gasteiger partial charge in [0.25, 0.3) is 0 Å². The average molecular weight is 321 g/mol. The number of amides is 1. The van der Waals surface area contributed by atoms with E-state index in [1.54, 1.807) is 34.8 Å². The Kier molecular flexibility index (Phi) is 4.16. The number of aromatic nitrogens is 2. The number of fused-ring (bicyclic) bond motifs is 1. The second kappa shape index (κ2) is 6.28. The summed E-state index contributed by atoms with van der Waals surface area (Å²) >= 11 is 0. The van der Waals surface area contributed by atoms with E-state index in [2.05, 4.69) is 5.10 Å². The van der Waals surface area contributed by atoms with E-state index in [-0.39, 0.29) is 17.9 Å². The molecule has 2 aromatic carbocycles. The lowest BCUT2D eigenvalue weighted by Gasteiger charge is -2.20. The lowest BCUT2D eigenvalue weighted by atomic mass is 10.1. The normalized spacial score (nSPS) is 10.8. The topological polar surface area (TPSA) is 55.2 Å². The molecule has 5 heteroatoms. The van der Waals surface area contributed by atoms with E-state index in [0.717, 1.165) is 16.8 Å². The Labute approximate surface area is 140 Å². The van der Waals surface area contributed by atoms with Crippen molar-refractivity contribution < 1.29 is 4.79 Å². The van der Waals surface area contributed by atoms with E-state index in [1.165, 1.54) is 6.20 Å². The van der Waals surface area contributed by atoms with Crippen molar-refractivity contribution in [2.75, 3.05) is 11.9 Å². The number of hydrogen-bond acceptors (Lipinski definition) is 3. The molecule has 24 heavy (non-hydrogen) atoms. The van der Waals surface area contributed by atoms with Crippen molar-refractivity contribution in [2.24, 2.45) is 0 Å². The van der Waals surface area contributed by atoms with E-state index in [1.807, 2.05) is 38.1 Å². The van der Waals surface area contributed by atoms with Gasteiger partial charge in [-0.1, -0.05) is 29.8 Å². The Bertz CT molecular complexity index is 976. The van der Waals surface area contributed by atoms with Crippen molar-refractivity contribution in [1.82, 2.24) is 9.78 Å². The fraction of sp³-hybridized carbons (Fsp3) is 0.211. The highest BCUT2D eigenvalue weighted by molar-refractivity contribution is 5.94. The van der Waals surface area contributed by atoms with Crippen molar-refractivity contribution >= 4 is 22.5 Å². The van der Waals surface area contributed by atoms with Crippen LogP contribution in [0.4, 0.5) is 5.69 Å². The largest absolute Gasteiger partial charge is 0.314 e. The first kappa shape index (κ1) is 15.9. The fourth-order valence-electron chi connectivity index (χ4n) is 2.84. The van der Waals surface area contributed by atoms with E-state index in [0.29, 0.717) is 10.9 Å². The predicted octanol–water partition coefficient (Wildman–Crippen LogP) is 2.68. The molecule has 0 fully saturated rings. The number of para-hydroxylation sites is 1. The van der Waals surface area contributed by atoms with Crippen molar-refractivity contribution in [3.05, 3.63) is 70.0 Å². The molecule has 0 aliphatic rings. The molecule has 0 aliphatic heterocycles. The number of hydrogen-bond donors (Lipinski definition) is 0. The number of anilines is 1. The van der Waals surface area contributed by atoms with E-state index >= 15 is 0 Å². The van der Waals surface area contributed by atoms with Gasteiger partial charge in [0, 0.05) is 18.1 Å². The summed E-state index contributed by atoms with van der Waals surface area (Å²) in [6, 6.07) is 13.2. The Morgan fingerprint density at radius 2 is 1.92 bits per heavy atom. The van der Waals surface area contributed by atoms with Gasteiger partial charge in [-0.2, -0.15) is 5.10 Å². The van der Waals surface area contributed by atoms with Crippen molar-refractivity contribution in [2.45, 2.75) is 20.4 Å². The summed E-state index contributed by atoms with van der Waals surface area (Å²) in [4.78, 5) is 26.2. The summed E-state index contributed by atoms with van der Waals surface area (Å²) in [6.45, 7) is 4.08. The lowest BCUT2D eigenvalue weighted by Crippen LogP contribution is -2.31. The minimum atomic E-state index is -0.142. The quantitative estimate of drug-likeness (QED) is 0.745. The highest BCUT2D eigenvalue weighted by Gasteiger charge is 2.15. The molecule has 0 saturated heterocycles. The molecule has 122 valence electrons. The maximum atomic E-state index is 12.7. The van der Waals surface area contributed by atoms with Crippen LogP contribution in [0, 0.1) is 13.8 Å². The Morgan fingerprint density at radius 3 is 2.67 bits per heavy atom. The van der Waals surface area contributed by atoms with Crippen LogP contribution in [0.5, 0.6) is 0 Å². The fourth-order valence-corrected chi connectivity index (χ4v) is 2.84. The second-order valence-electron chi connectivity index (χ2n) is 5.93. The first-order chi connectivity index (χ1) is 11.5. The van der Waals surface area contributed by atoms with Crippen LogP contribution < -0.4 is 10.3 Å². The molecule has 0 bridgehead atoms. The zero-order chi connectivity index (χ0) is 17.3. The first-order valence-electron chi connectivity index (χ1n) is 7.76. The van der Waals surface area contributed by atoms with E-state index < -0.39 is 0 Å². The SMILES string of the molecule is Cc1ccc(N(C)C(=O)Cn2ncc(=O)c3ccccc32)c(C)c1. The zero-order valence-electron chi connectivity index (χ0n) is 14.0. The van der Waals surface area contributed by atoms with Gasteiger partial charge >= 0.3 is 0 Å². The molecule has 0 spiro atoms. The van der Waals surface area contributed by atoms with Crippen LogP contribution in [-0.4, -0.2) is 22.7 Å². The average Bonchev–Trinajstić information content (AvgIpc) is 2.57. The Morgan fingerprint density at radius 1 is 1.17 bits per heavy atom. The lowest BCUT2D eigenvalue weighted by molar-refractivity contribution is -0.119. The van der Waals surface area contributed by atoms with Crippen LogP contribution in [0.15, 0.2) is 53.5 Å². The number of rotatable bonds is 3. The minimum absolute atomic E-state index is 0.0740. The van der Waals surface area contributed by atoms with Crippen molar-refractivity contribution in [3.8, 4) is 0 Å². The highest BCUT2D eigenvalue weighted by Crippen LogP contribution is 2.20. The molecule has 3 rings (SSSR count). The second-order valence-corrected chi connectivity index (χ2v) is 5.93. The third-order valence-electron chi connectivity index (χ3n) is 4.13. The van der Waals surface area contributed by atoms with Crippen molar-refractivity contribution in [1.29, 1.82) is 0 Å². The standard InChI is InChI=1S/C19H19N3O2/c1-13-8-9-16(14(2)10-13)21(3)19(24)12-22-17-7-5-4-6-15(17)18(23)11-20-22/h4-11H,12H2,1-3H3. The van der Waals surface area contributed by atoms with Gasteiger partial charge in [-0.15, -0.1) is 0 Å². The summed E-state index contributed by atoms with van der Waals surface area (Å²) in [5, 5.41) is 4.68. The number of likely N-dealkylation sites (N-methyl/N-ethyl adjacent to an activating group) is 1. The third-order valence-corrected chi connectivity index (χ3v) is 4.13. The smallest absolute Gasteiger partial charge is 0.248 e. The van der Waals surface area contributed by atoms with E-state index in [9.17, 15) is 9.59 Å². The number of benzene rings is 2. The minimum Gasteiger partial charge on any atom is -0.314 e. The number of aryl methyl sites for hydroxylation is 2. The zero-order valence-corrected chi connectivity index (χ0v) is 14.0. The van der Waals surface area contributed by atoms with Gasteiger partial charge < -0.3 is 4.90 Å². The Balaban J connectivity index is 1.92. The summed E-state index contributed by atoms with van der Waals surface area (Å²) in [5.41, 5.74) is 3.59. The predicted molar refractivity (Wildman–Crippen MR) is 95.3 cm³/mol. The molecule has 0 atom stereocenters. The molecule has 5 nitrogen and oxygen atoms in total. The summed E-state index contributed by atoms with van der Waals surface area (Å²) in [7, 11) is 1.75.